The number of carboxylic acid groups (broad SMARTS) is 1. The molecule has 0 aromatic carbocycles. The van der Waals surface area contributed by atoms with Crippen molar-refractivity contribution < 1.29 is 19.7 Å². The number of allylic oxidation sites excluding steroid dienone is 1. The Morgan fingerprint density at radius 2 is 2.00 bits per heavy atom. The predicted molar refractivity (Wildman–Crippen MR) is 111 cm³/mol. The highest BCUT2D eigenvalue weighted by molar-refractivity contribution is 5.86. The number of hydrogen-bond acceptors (Lipinski definition) is 3. The molecular formula is C24H40O4. The van der Waals surface area contributed by atoms with Gasteiger partial charge < -0.3 is 14.9 Å². The van der Waals surface area contributed by atoms with Crippen molar-refractivity contribution in [1.82, 2.24) is 0 Å². The van der Waals surface area contributed by atoms with Gasteiger partial charge in [0.25, 0.3) is 0 Å². The van der Waals surface area contributed by atoms with Crippen molar-refractivity contribution in [1.29, 1.82) is 0 Å². The lowest BCUT2D eigenvalue weighted by molar-refractivity contribution is -0.238. The Labute approximate surface area is 170 Å². The second kappa shape index (κ2) is 8.10. The van der Waals surface area contributed by atoms with Crippen LogP contribution in [0, 0.1) is 29.1 Å². The fraction of sp³-hybridized carbons (Fsp3) is 0.875. The van der Waals surface area contributed by atoms with Crippen LogP contribution in [0.25, 0.3) is 0 Å². The Kier molecular flexibility index (Phi) is 6.32. The smallest absolute Gasteiger partial charge is 0.331 e. The minimum Gasteiger partial charge on any atom is -0.478 e. The van der Waals surface area contributed by atoms with Crippen LogP contribution in [0.3, 0.4) is 0 Å². The Morgan fingerprint density at radius 3 is 2.64 bits per heavy atom. The number of ether oxygens (including phenoxy) is 1. The number of unbranched alkanes of at least 4 members (excludes halogenated alkanes) is 2. The van der Waals surface area contributed by atoms with Crippen molar-refractivity contribution in [3.05, 3.63) is 11.6 Å². The van der Waals surface area contributed by atoms with Crippen molar-refractivity contribution >= 4 is 5.97 Å². The minimum absolute atomic E-state index is 0.0311. The summed E-state index contributed by atoms with van der Waals surface area (Å²) in [5.41, 5.74) is 0.441. The summed E-state index contributed by atoms with van der Waals surface area (Å²) in [5, 5.41) is 20.7. The molecule has 28 heavy (non-hydrogen) atoms. The molecular weight excluding hydrogens is 352 g/mol. The molecule has 4 nitrogen and oxygen atoms in total. The van der Waals surface area contributed by atoms with E-state index in [1.54, 1.807) is 0 Å². The van der Waals surface area contributed by atoms with Crippen LogP contribution in [0.1, 0.15) is 86.0 Å². The van der Waals surface area contributed by atoms with Crippen LogP contribution in [-0.2, 0) is 9.53 Å². The summed E-state index contributed by atoms with van der Waals surface area (Å²) >= 11 is 0. The highest BCUT2D eigenvalue weighted by Crippen LogP contribution is 2.55. The molecule has 1 aliphatic heterocycles. The number of aliphatic carboxylic acids is 1. The molecule has 2 fully saturated rings. The van der Waals surface area contributed by atoms with Crippen molar-refractivity contribution in [3.8, 4) is 0 Å². The lowest BCUT2D eigenvalue weighted by Gasteiger charge is -2.58. The Bertz CT molecular complexity index is 606. The van der Waals surface area contributed by atoms with Crippen molar-refractivity contribution in [2.75, 3.05) is 0 Å². The van der Waals surface area contributed by atoms with Crippen molar-refractivity contribution in [2.45, 2.75) is 104 Å². The van der Waals surface area contributed by atoms with E-state index in [-0.39, 0.29) is 34.9 Å². The zero-order chi connectivity index (χ0) is 20.7. The van der Waals surface area contributed by atoms with Gasteiger partial charge in [-0.15, -0.1) is 0 Å². The number of aliphatic hydroxyl groups is 1. The largest absolute Gasteiger partial charge is 0.478 e. The van der Waals surface area contributed by atoms with E-state index in [4.69, 9.17) is 4.74 Å². The van der Waals surface area contributed by atoms with E-state index in [0.29, 0.717) is 17.9 Å². The van der Waals surface area contributed by atoms with E-state index in [9.17, 15) is 15.0 Å². The first kappa shape index (κ1) is 21.8. The van der Waals surface area contributed by atoms with Gasteiger partial charge in [-0.05, 0) is 69.1 Å². The third kappa shape index (κ3) is 4.18. The maximum atomic E-state index is 11.6. The number of rotatable bonds is 6. The van der Waals surface area contributed by atoms with E-state index in [2.05, 4.69) is 34.6 Å². The molecule has 0 bridgehead atoms. The molecule has 1 heterocycles. The van der Waals surface area contributed by atoms with E-state index < -0.39 is 12.1 Å². The second-order valence-electron chi connectivity index (χ2n) is 10.8. The van der Waals surface area contributed by atoms with Crippen LogP contribution in [0.4, 0.5) is 0 Å². The van der Waals surface area contributed by atoms with E-state index >= 15 is 0 Å². The molecule has 6 atom stereocenters. The zero-order valence-corrected chi connectivity index (χ0v) is 18.4. The van der Waals surface area contributed by atoms with Crippen LogP contribution in [0.15, 0.2) is 11.6 Å². The summed E-state index contributed by atoms with van der Waals surface area (Å²) in [5.74, 6) is 0.180. The molecule has 1 saturated carbocycles. The summed E-state index contributed by atoms with van der Waals surface area (Å²) in [6.07, 6.45) is 9.55. The number of carbonyl (C=O) groups is 1. The topological polar surface area (TPSA) is 66.8 Å². The molecule has 1 saturated heterocycles. The molecule has 2 N–H and O–H groups in total. The predicted octanol–water partition coefficient (Wildman–Crippen LogP) is 5.19. The average molecular weight is 393 g/mol. The second-order valence-corrected chi connectivity index (χ2v) is 10.8. The molecule has 3 aliphatic rings. The number of hydrogen-bond donors (Lipinski definition) is 2. The fourth-order valence-corrected chi connectivity index (χ4v) is 6.37. The summed E-state index contributed by atoms with van der Waals surface area (Å²) < 4.78 is 6.63. The Balaban J connectivity index is 1.79. The third-order valence-electron chi connectivity index (χ3n) is 8.15. The highest BCUT2D eigenvalue weighted by Gasteiger charge is 2.55. The van der Waals surface area contributed by atoms with Crippen LogP contribution < -0.4 is 0 Å². The highest BCUT2D eigenvalue weighted by atomic mass is 16.5. The summed E-state index contributed by atoms with van der Waals surface area (Å²) in [4.78, 5) is 11.6. The van der Waals surface area contributed by atoms with Gasteiger partial charge in [-0.3, -0.25) is 0 Å². The van der Waals surface area contributed by atoms with Gasteiger partial charge in [-0.25, -0.2) is 4.79 Å². The number of aliphatic hydroxyl groups excluding tert-OH is 1. The van der Waals surface area contributed by atoms with Crippen LogP contribution in [-0.4, -0.2) is 34.0 Å². The zero-order valence-electron chi connectivity index (χ0n) is 18.4. The number of carboxylic acids is 1. The maximum absolute atomic E-state index is 11.6. The molecule has 160 valence electrons. The van der Waals surface area contributed by atoms with Gasteiger partial charge in [0, 0.05) is 11.5 Å². The maximum Gasteiger partial charge on any atom is 0.331 e. The van der Waals surface area contributed by atoms with Crippen LogP contribution >= 0.6 is 0 Å². The summed E-state index contributed by atoms with van der Waals surface area (Å²) in [6, 6.07) is 0. The van der Waals surface area contributed by atoms with Gasteiger partial charge in [0.15, 0.2) is 0 Å². The molecule has 0 amide bonds. The van der Waals surface area contributed by atoms with E-state index in [1.165, 1.54) is 25.7 Å². The molecule has 6 unspecified atom stereocenters. The van der Waals surface area contributed by atoms with Gasteiger partial charge in [0.1, 0.15) is 0 Å². The van der Waals surface area contributed by atoms with Gasteiger partial charge in [0.2, 0.25) is 0 Å². The molecule has 4 heteroatoms. The fourth-order valence-electron chi connectivity index (χ4n) is 6.37. The quantitative estimate of drug-likeness (QED) is 0.610. The van der Waals surface area contributed by atoms with E-state index in [1.807, 2.05) is 6.08 Å². The van der Waals surface area contributed by atoms with Crippen molar-refractivity contribution in [3.63, 3.8) is 0 Å². The summed E-state index contributed by atoms with van der Waals surface area (Å²) in [7, 11) is 0. The van der Waals surface area contributed by atoms with Gasteiger partial charge >= 0.3 is 5.97 Å². The third-order valence-corrected chi connectivity index (χ3v) is 8.15. The molecule has 0 aromatic rings. The monoisotopic (exact) mass is 392 g/mol. The molecule has 2 aliphatic carbocycles. The normalized spacial score (nSPS) is 37.6. The van der Waals surface area contributed by atoms with Gasteiger partial charge in [-0.1, -0.05) is 46.1 Å². The average Bonchev–Trinajstić information content (AvgIpc) is 2.60. The molecule has 0 radical (unpaired) electrons. The lowest BCUT2D eigenvalue weighted by Crippen LogP contribution is -2.60. The lowest BCUT2D eigenvalue weighted by atomic mass is 9.56. The molecule has 0 aromatic heterocycles. The first-order valence-corrected chi connectivity index (χ1v) is 11.3. The first-order valence-electron chi connectivity index (χ1n) is 11.3. The minimum atomic E-state index is -0.806. The van der Waals surface area contributed by atoms with Gasteiger partial charge in [0.05, 0.1) is 17.8 Å². The molecule has 3 rings (SSSR count). The van der Waals surface area contributed by atoms with Gasteiger partial charge in [-0.2, -0.15) is 0 Å². The van der Waals surface area contributed by atoms with Crippen molar-refractivity contribution in [2.24, 2.45) is 29.1 Å². The SMILES string of the molecule is CCCCCC(C)(C)C1CC(O)C2C(C1)OC(C)(C)C1CC=C(C(=O)O)CC21. The van der Waals surface area contributed by atoms with Crippen LogP contribution in [0.2, 0.25) is 0 Å². The standard InChI is InChI=1S/C24H40O4/c1-6-7-8-11-23(2,3)16-13-19(25)21-17-12-15(22(26)27)9-10-18(17)24(4,5)28-20(21)14-16/h9,16-21,25H,6-8,10-14H2,1-5H3,(H,26,27). The Morgan fingerprint density at radius 1 is 1.29 bits per heavy atom. The van der Waals surface area contributed by atoms with E-state index in [0.717, 1.165) is 19.3 Å². The van der Waals surface area contributed by atoms with Crippen LogP contribution in [0.5, 0.6) is 0 Å². The first-order chi connectivity index (χ1) is 13.1. The Hall–Kier alpha value is -0.870. The molecule has 0 spiro atoms. The summed E-state index contributed by atoms with van der Waals surface area (Å²) in [6.45, 7) is 11.2. The number of fused-ring (bicyclic) bond motifs is 3.